The van der Waals surface area contributed by atoms with Gasteiger partial charge in [0.25, 0.3) is 0 Å². The molecule has 168 valence electrons. The molecule has 1 amide bonds. The Morgan fingerprint density at radius 2 is 1.75 bits per heavy atom. The van der Waals surface area contributed by atoms with Gasteiger partial charge in [0.15, 0.2) is 11.5 Å². The molecule has 0 saturated carbocycles. The van der Waals surface area contributed by atoms with Gasteiger partial charge in [-0.25, -0.2) is 9.37 Å². The molecule has 1 aliphatic heterocycles. The first-order valence-electron chi connectivity index (χ1n) is 10.5. The zero-order valence-electron chi connectivity index (χ0n) is 18.2. The topological polar surface area (TPSA) is 54.9 Å². The summed E-state index contributed by atoms with van der Waals surface area (Å²) in [5.41, 5.74) is 2.69. The Bertz CT molecular complexity index is 1060. The molecule has 2 heterocycles. The van der Waals surface area contributed by atoms with Crippen LogP contribution in [0, 0.1) is 5.82 Å². The Labute approximate surface area is 191 Å². The number of methoxy groups -OCH3 is 2. The molecule has 1 aromatic heterocycles. The zero-order valence-corrected chi connectivity index (χ0v) is 19.0. The smallest absolute Gasteiger partial charge is 0.227 e. The molecule has 0 unspecified atom stereocenters. The van der Waals surface area contributed by atoms with Gasteiger partial charge in [-0.05, 0) is 42.0 Å². The number of carbonyl (C=O) groups excluding carboxylic acids is 1. The van der Waals surface area contributed by atoms with Crippen LogP contribution in [0.2, 0.25) is 0 Å². The van der Waals surface area contributed by atoms with Crippen molar-refractivity contribution in [2.75, 3.05) is 40.4 Å². The van der Waals surface area contributed by atoms with Crippen LogP contribution < -0.4 is 9.47 Å². The summed E-state index contributed by atoms with van der Waals surface area (Å²) >= 11 is 1.61. The predicted octanol–water partition coefficient (Wildman–Crippen LogP) is 3.85. The van der Waals surface area contributed by atoms with E-state index in [9.17, 15) is 9.18 Å². The second-order valence-electron chi connectivity index (χ2n) is 7.66. The number of amides is 1. The highest BCUT2D eigenvalue weighted by molar-refractivity contribution is 7.09. The highest BCUT2D eigenvalue weighted by atomic mass is 32.1. The van der Waals surface area contributed by atoms with E-state index in [0.717, 1.165) is 41.5 Å². The molecule has 0 aliphatic carbocycles. The number of halogens is 1. The van der Waals surface area contributed by atoms with Crippen molar-refractivity contribution in [2.45, 2.75) is 13.0 Å². The van der Waals surface area contributed by atoms with Crippen LogP contribution in [-0.4, -0.2) is 61.1 Å². The normalized spacial score (nSPS) is 14.4. The van der Waals surface area contributed by atoms with Gasteiger partial charge >= 0.3 is 0 Å². The lowest BCUT2D eigenvalue weighted by atomic mass is 10.1. The van der Waals surface area contributed by atoms with Crippen LogP contribution >= 0.6 is 11.3 Å². The van der Waals surface area contributed by atoms with E-state index in [4.69, 9.17) is 14.5 Å². The number of piperazine rings is 1. The molecule has 1 fully saturated rings. The van der Waals surface area contributed by atoms with E-state index in [1.54, 1.807) is 37.7 Å². The molecule has 1 aliphatic rings. The molecule has 1 saturated heterocycles. The molecule has 4 rings (SSSR count). The number of aromatic nitrogens is 1. The highest BCUT2D eigenvalue weighted by Gasteiger charge is 2.22. The molecule has 0 spiro atoms. The molecule has 8 heteroatoms. The quantitative estimate of drug-likeness (QED) is 0.542. The minimum atomic E-state index is -0.247. The van der Waals surface area contributed by atoms with Crippen molar-refractivity contribution < 1.29 is 18.7 Å². The lowest BCUT2D eigenvalue weighted by molar-refractivity contribution is -0.132. The number of hydrogen-bond donors (Lipinski definition) is 0. The van der Waals surface area contributed by atoms with Gasteiger partial charge in [-0.15, -0.1) is 11.3 Å². The average molecular weight is 456 g/mol. The van der Waals surface area contributed by atoms with Gasteiger partial charge in [0.1, 0.15) is 10.8 Å². The van der Waals surface area contributed by atoms with Crippen molar-refractivity contribution in [3.05, 3.63) is 64.2 Å². The van der Waals surface area contributed by atoms with Crippen LogP contribution in [0.15, 0.2) is 47.8 Å². The molecule has 6 nitrogen and oxygen atoms in total. The second-order valence-corrected chi connectivity index (χ2v) is 8.60. The molecule has 0 bridgehead atoms. The third kappa shape index (κ3) is 5.26. The van der Waals surface area contributed by atoms with Crippen LogP contribution in [-0.2, 0) is 17.8 Å². The largest absolute Gasteiger partial charge is 0.493 e. The number of hydrogen-bond acceptors (Lipinski definition) is 6. The third-order valence-corrected chi connectivity index (χ3v) is 6.41. The third-order valence-electron chi connectivity index (χ3n) is 5.58. The molecule has 0 N–H and O–H groups in total. The van der Waals surface area contributed by atoms with Crippen LogP contribution in [0.5, 0.6) is 11.5 Å². The standard InChI is InChI=1S/C24H26FN3O3S/c1-30-21-8-3-17(13-22(21)31-2)14-24(29)28-11-9-27(10-12-28)15-23-26-20(16-32-23)18-4-6-19(25)7-5-18/h3-8,13,16H,9-12,14-15H2,1-2H3. The first-order valence-corrected chi connectivity index (χ1v) is 11.3. The van der Waals surface area contributed by atoms with Crippen molar-refractivity contribution >= 4 is 17.2 Å². The van der Waals surface area contributed by atoms with E-state index in [0.29, 0.717) is 31.0 Å². The van der Waals surface area contributed by atoms with Crippen molar-refractivity contribution in [3.63, 3.8) is 0 Å². The Morgan fingerprint density at radius 1 is 1.03 bits per heavy atom. The molecule has 2 aromatic carbocycles. The fourth-order valence-electron chi connectivity index (χ4n) is 3.76. The molecule has 3 aromatic rings. The fourth-order valence-corrected chi connectivity index (χ4v) is 4.61. The lowest BCUT2D eigenvalue weighted by Gasteiger charge is -2.34. The zero-order chi connectivity index (χ0) is 22.5. The average Bonchev–Trinajstić information content (AvgIpc) is 3.28. The summed E-state index contributed by atoms with van der Waals surface area (Å²) in [5.74, 6) is 1.15. The van der Waals surface area contributed by atoms with Crippen LogP contribution in [0.25, 0.3) is 11.3 Å². The first kappa shape index (κ1) is 22.2. The summed E-state index contributed by atoms with van der Waals surface area (Å²) in [6, 6.07) is 12.0. The van der Waals surface area contributed by atoms with Crippen molar-refractivity contribution in [3.8, 4) is 22.8 Å². The number of ether oxygens (including phenoxy) is 2. The molecule has 0 atom stereocenters. The summed E-state index contributed by atoms with van der Waals surface area (Å²) in [4.78, 5) is 21.7. The molecule has 0 radical (unpaired) electrons. The van der Waals surface area contributed by atoms with E-state index in [1.165, 1.54) is 12.1 Å². The van der Waals surface area contributed by atoms with Crippen LogP contribution in [0.3, 0.4) is 0 Å². The molecular weight excluding hydrogens is 429 g/mol. The Hall–Kier alpha value is -2.97. The minimum Gasteiger partial charge on any atom is -0.493 e. The van der Waals surface area contributed by atoms with Crippen LogP contribution in [0.1, 0.15) is 10.6 Å². The van der Waals surface area contributed by atoms with E-state index in [-0.39, 0.29) is 11.7 Å². The monoisotopic (exact) mass is 455 g/mol. The van der Waals surface area contributed by atoms with Crippen molar-refractivity contribution in [1.29, 1.82) is 0 Å². The second kappa shape index (κ2) is 10.1. The van der Waals surface area contributed by atoms with Crippen molar-refractivity contribution in [1.82, 2.24) is 14.8 Å². The number of carbonyl (C=O) groups is 1. The summed E-state index contributed by atoms with van der Waals surface area (Å²) in [5, 5.41) is 3.03. The van der Waals surface area contributed by atoms with Crippen molar-refractivity contribution in [2.24, 2.45) is 0 Å². The van der Waals surface area contributed by atoms with E-state index in [2.05, 4.69) is 4.90 Å². The van der Waals surface area contributed by atoms with Gasteiger partial charge in [-0.1, -0.05) is 6.07 Å². The maximum Gasteiger partial charge on any atom is 0.227 e. The van der Waals surface area contributed by atoms with Gasteiger partial charge in [0.05, 0.1) is 32.9 Å². The summed E-state index contributed by atoms with van der Waals surface area (Å²) in [6.07, 6.45) is 0.341. The SMILES string of the molecule is COc1ccc(CC(=O)N2CCN(Cc3nc(-c4ccc(F)cc4)cs3)CC2)cc1OC. The highest BCUT2D eigenvalue weighted by Crippen LogP contribution is 2.28. The molecule has 32 heavy (non-hydrogen) atoms. The number of thiazole rings is 1. The Morgan fingerprint density at radius 3 is 2.44 bits per heavy atom. The van der Waals surface area contributed by atoms with E-state index >= 15 is 0 Å². The van der Waals surface area contributed by atoms with Gasteiger partial charge < -0.3 is 14.4 Å². The van der Waals surface area contributed by atoms with E-state index < -0.39 is 0 Å². The summed E-state index contributed by atoms with van der Waals surface area (Å²) < 4.78 is 23.7. The Balaban J connectivity index is 1.29. The summed E-state index contributed by atoms with van der Waals surface area (Å²) in [7, 11) is 3.19. The Kier molecular flexibility index (Phi) is 7.02. The van der Waals surface area contributed by atoms with Gasteiger partial charge in [0, 0.05) is 37.1 Å². The lowest BCUT2D eigenvalue weighted by Crippen LogP contribution is -2.48. The minimum absolute atomic E-state index is 0.115. The van der Waals surface area contributed by atoms with E-state index in [1.807, 2.05) is 28.5 Å². The maximum atomic E-state index is 13.1. The van der Waals surface area contributed by atoms with Gasteiger partial charge in [-0.3, -0.25) is 9.69 Å². The molecular formula is C24H26FN3O3S. The number of rotatable bonds is 7. The van der Waals surface area contributed by atoms with Gasteiger partial charge in [0.2, 0.25) is 5.91 Å². The van der Waals surface area contributed by atoms with Crippen LogP contribution in [0.4, 0.5) is 4.39 Å². The van der Waals surface area contributed by atoms with Gasteiger partial charge in [-0.2, -0.15) is 0 Å². The summed E-state index contributed by atoms with van der Waals surface area (Å²) in [6.45, 7) is 3.76. The predicted molar refractivity (Wildman–Crippen MR) is 123 cm³/mol. The maximum absolute atomic E-state index is 13.1. The first-order chi connectivity index (χ1) is 15.6. The fraction of sp³-hybridized carbons (Fsp3) is 0.333. The number of nitrogens with zero attached hydrogens (tertiary/aromatic N) is 3. The number of benzene rings is 2.